The van der Waals surface area contributed by atoms with Crippen molar-refractivity contribution in [2.75, 3.05) is 19.7 Å². The molecule has 0 radical (unpaired) electrons. The molecule has 1 fully saturated rings. The van der Waals surface area contributed by atoms with Gasteiger partial charge in [0.2, 0.25) is 5.91 Å². The minimum absolute atomic E-state index is 0.0230. The summed E-state index contributed by atoms with van der Waals surface area (Å²) in [6, 6.07) is 4.61. The van der Waals surface area contributed by atoms with Crippen molar-refractivity contribution in [1.29, 1.82) is 0 Å². The maximum Gasteiger partial charge on any atom is 0.217 e. The van der Waals surface area contributed by atoms with E-state index in [4.69, 9.17) is 11.6 Å². The molecule has 2 rings (SSSR count). The van der Waals surface area contributed by atoms with E-state index in [1.807, 2.05) is 0 Å². The van der Waals surface area contributed by atoms with E-state index < -0.39 is 5.82 Å². The maximum absolute atomic E-state index is 13.1. The minimum Gasteiger partial charge on any atom is -0.396 e. The minimum atomic E-state index is -0.429. The van der Waals surface area contributed by atoms with Gasteiger partial charge in [-0.3, -0.25) is 9.69 Å². The van der Waals surface area contributed by atoms with Crippen molar-refractivity contribution in [3.05, 3.63) is 34.6 Å². The number of likely N-dealkylation sites (tertiary alicyclic amines) is 1. The van der Waals surface area contributed by atoms with Gasteiger partial charge in [-0.1, -0.05) is 17.7 Å². The van der Waals surface area contributed by atoms with E-state index in [1.54, 1.807) is 12.1 Å². The van der Waals surface area contributed by atoms with Crippen LogP contribution in [0.2, 0.25) is 5.02 Å². The summed E-state index contributed by atoms with van der Waals surface area (Å²) in [6.07, 6.45) is 0. The lowest BCUT2D eigenvalue weighted by molar-refractivity contribution is -0.119. The lowest BCUT2D eigenvalue weighted by atomic mass is 10.1. The fraction of sp³-hybridized carbons (Fsp3) is 0.500. The molecule has 0 bridgehead atoms. The molecule has 2 N–H and O–H groups in total. The number of hydrogen-bond donors (Lipinski definition) is 2. The van der Waals surface area contributed by atoms with Crippen molar-refractivity contribution < 1.29 is 14.3 Å². The molecule has 1 aliphatic heterocycles. The summed E-state index contributed by atoms with van der Waals surface area (Å²) in [5.41, 5.74) is 0.913. The summed E-state index contributed by atoms with van der Waals surface area (Å²) in [6.45, 7) is 3.48. The van der Waals surface area contributed by atoms with Gasteiger partial charge in [-0.2, -0.15) is 0 Å². The second-order valence-corrected chi connectivity index (χ2v) is 5.60. The number of halogens is 2. The number of nitrogens with zero attached hydrogens (tertiary/aromatic N) is 1. The summed E-state index contributed by atoms with van der Waals surface area (Å²) in [4.78, 5) is 13.3. The molecule has 1 heterocycles. The first-order chi connectivity index (χ1) is 9.49. The van der Waals surface area contributed by atoms with Crippen LogP contribution >= 0.6 is 11.6 Å². The van der Waals surface area contributed by atoms with Crippen LogP contribution in [0.1, 0.15) is 12.5 Å². The molecule has 0 saturated carbocycles. The molecule has 110 valence electrons. The van der Waals surface area contributed by atoms with Crippen LogP contribution < -0.4 is 5.32 Å². The molecular weight excluding hydrogens is 283 g/mol. The molecule has 0 aliphatic carbocycles. The van der Waals surface area contributed by atoms with Gasteiger partial charge in [0.15, 0.2) is 0 Å². The highest BCUT2D eigenvalue weighted by Gasteiger charge is 2.32. The number of carbonyl (C=O) groups excluding carboxylic acids is 1. The molecule has 2 atom stereocenters. The topological polar surface area (TPSA) is 52.6 Å². The smallest absolute Gasteiger partial charge is 0.217 e. The van der Waals surface area contributed by atoms with Crippen molar-refractivity contribution in [3.63, 3.8) is 0 Å². The third kappa shape index (κ3) is 3.69. The van der Waals surface area contributed by atoms with Crippen molar-refractivity contribution in [2.24, 2.45) is 5.92 Å². The summed E-state index contributed by atoms with van der Waals surface area (Å²) >= 11 is 5.76. The van der Waals surface area contributed by atoms with E-state index in [-0.39, 0.29) is 29.5 Å². The van der Waals surface area contributed by atoms with E-state index in [0.29, 0.717) is 19.6 Å². The van der Waals surface area contributed by atoms with Crippen LogP contribution in [0.4, 0.5) is 4.39 Å². The Hall–Kier alpha value is -1.17. The van der Waals surface area contributed by atoms with E-state index in [9.17, 15) is 14.3 Å². The Labute approximate surface area is 122 Å². The molecule has 1 aliphatic rings. The highest BCUT2D eigenvalue weighted by Crippen LogP contribution is 2.21. The van der Waals surface area contributed by atoms with Gasteiger partial charge >= 0.3 is 0 Å². The first kappa shape index (κ1) is 15.2. The zero-order valence-corrected chi connectivity index (χ0v) is 12.0. The van der Waals surface area contributed by atoms with Gasteiger partial charge in [0.25, 0.3) is 0 Å². The number of hydrogen-bond acceptors (Lipinski definition) is 3. The average Bonchev–Trinajstić information content (AvgIpc) is 2.75. The highest BCUT2D eigenvalue weighted by atomic mass is 35.5. The van der Waals surface area contributed by atoms with Gasteiger partial charge in [0.1, 0.15) is 5.82 Å². The van der Waals surface area contributed by atoms with Gasteiger partial charge < -0.3 is 10.4 Å². The molecule has 1 aromatic rings. The molecule has 4 nitrogen and oxygen atoms in total. The molecule has 0 spiro atoms. The zero-order chi connectivity index (χ0) is 14.7. The summed E-state index contributed by atoms with van der Waals surface area (Å²) < 4.78 is 13.1. The number of amides is 1. The van der Waals surface area contributed by atoms with Crippen molar-refractivity contribution in [1.82, 2.24) is 10.2 Å². The number of rotatable bonds is 4. The van der Waals surface area contributed by atoms with Crippen LogP contribution in [0.3, 0.4) is 0 Å². The number of aliphatic hydroxyl groups is 1. The highest BCUT2D eigenvalue weighted by molar-refractivity contribution is 6.30. The fourth-order valence-electron chi connectivity index (χ4n) is 2.60. The van der Waals surface area contributed by atoms with Crippen LogP contribution in [-0.4, -0.2) is 41.7 Å². The van der Waals surface area contributed by atoms with Gasteiger partial charge in [-0.05, 0) is 17.7 Å². The maximum atomic E-state index is 13.1. The van der Waals surface area contributed by atoms with Crippen LogP contribution in [0.5, 0.6) is 0 Å². The second kappa shape index (κ2) is 6.52. The molecule has 6 heteroatoms. The zero-order valence-electron chi connectivity index (χ0n) is 11.3. The first-order valence-corrected chi connectivity index (χ1v) is 6.91. The lowest BCUT2D eigenvalue weighted by Gasteiger charge is -2.17. The van der Waals surface area contributed by atoms with Crippen LogP contribution in [0.15, 0.2) is 18.2 Å². The van der Waals surface area contributed by atoms with Gasteiger partial charge in [-0.15, -0.1) is 0 Å². The van der Waals surface area contributed by atoms with E-state index in [2.05, 4.69) is 10.2 Å². The van der Waals surface area contributed by atoms with Crippen molar-refractivity contribution >= 4 is 17.5 Å². The normalized spacial score (nSPS) is 23.0. The quantitative estimate of drug-likeness (QED) is 0.884. The van der Waals surface area contributed by atoms with E-state index in [0.717, 1.165) is 5.56 Å². The molecular formula is C14H18ClFN2O2. The summed E-state index contributed by atoms with van der Waals surface area (Å²) in [5.74, 6) is -0.504. The Bertz CT molecular complexity index is 498. The Balaban J connectivity index is 2.00. The SMILES string of the molecule is CC(=O)N[C@@H]1CN(Cc2ccc(F)c(Cl)c2)C[C@H]1CO. The number of carbonyl (C=O) groups is 1. The standard InChI is InChI=1S/C14H18ClFN2O2/c1-9(20)17-14-7-18(6-11(14)8-19)5-10-2-3-13(16)12(15)4-10/h2-4,11,14,19H,5-8H2,1H3,(H,17,20)/t11-,14+/m0/s1. The number of benzene rings is 1. The molecule has 0 unspecified atom stereocenters. The van der Waals surface area contributed by atoms with Gasteiger partial charge in [0, 0.05) is 45.1 Å². The van der Waals surface area contributed by atoms with Crippen LogP contribution in [0.25, 0.3) is 0 Å². The van der Waals surface area contributed by atoms with Gasteiger partial charge in [-0.25, -0.2) is 4.39 Å². The average molecular weight is 301 g/mol. The summed E-state index contributed by atoms with van der Waals surface area (Å²) in [5, 5.41) is 12.3. The van der Waals surface area contributed by atoms with Crippen LogP contribution in [-0.2, 0) is 11.3 Å². The first-order valence-electron chi connectivity index (χ1n) is 6.54. The van der Waals surface area contributed by atoms with Crippen LogP contribution in [0, 0.1) is 11.7 Å². The Morgan fingerprint density at radius 3 is 2.90 bits per heavy atom. The van der Waals surface area contributed by atoms with Gasteiger partial charge in [0.05, 0.1) is 5.02 Å². The third-order valence-corrected chi connectivity index (χ3v) is 3.82. The molecule has 1 saturated heterocycles. The lowest BCUT2D eigenvalue weighted by Crippen LogP contribution is -2.40. The molecule has 20 heavy (non-hydrogen) atoms. The largest absolute Gasteiger partial charge is 0.396 e. The molecule has 1 amide bonds. The predicted molar refractivity (Wildman–Crippen MR) is 74.9 cm³/mol. The van der Waals surface area contributed by atoms with Crippen molar-refractivity contribution in [2.45, 2.75) is 19.5 Å². The Morgan fingerprint density at radius 2 is 2.30 bits per heavy atom. The summed E-state index contributed by atoms with van der Waals surface area (Å²) in [7, 11) is 0. The number of aliphatic hydroxyl groups excluding tert-OH is 1. The fourth-order valence-corrected chi connectivity index (χ4v) is 2.80. The Kier molecular flexibility index (Phi) is 4.96. The monoisotopic (exact) mass is 300 g/mol. The molecule has 1 aromatic carbocycles. The van der Waals surface area contributed by atoms with Crippen molar-refractivity contribution in [3.8, 4) is 0 Å². The third-order valence-electron chi connectivity index (χ3n) is 3.53. The predicted octanol–water partition coefficient (Wildman–Crippen LogP) is 1.41. The molecule has 0 aromatic heterocycles. The van der Waals surface area contributed by atoms with E-state index >= 15 is 0 Å². The van der Waals surface area contributed by atoms with E-state index in [1.165, 1.54) is 13.0 Å². The number of nitrogens with one attached hydrogen (secondary N) is 1. The Morgan fingerprint density at radius 1 is 1.55 bits per heavy atom. The second-order valence-electron chi connectivity index (χ2n) is 5.19.